The molecule has 4 aromatic heterocycles. The van der Waals surface area contributed by atoms with Crippen LogP contribution in [0.4, 0.5) is 13.2 Å². The van der Waals surface area contributed by atoms with Gasteiger partial charge in [-0.1, -0.05) is 6.07 Å². The molecule has 0 atom stereocenters. The van der Waals surface area contributed by atoms with E-state index >= 15 is 0 Å². The second-order valence-corrected chi connectivity index (χ2v) is 6.41. The van der Waals surface area contributed by atoms with E-state index in [0.717, 1.165) is 6.07 Å². The van der Waals surface area contributed by atoms with Crippen molar-refractivity contribution in [1.82, 2.24) is 19.4 Å². The molecule has 0 aliphatic carbocycles. The van der Waals surface area contributed by atoms with Crippen LogP contribution < -0.4 is 5.73 Å². The maximum Gasteiger partial charge on any atom is 0.433 e. The van der Waals surface area contributed by atoms with E-state index < -0.39 is 17.8 Å². The minimum absolute atomic E-state index is 0.0867. The molecule has 4 aromatic rings. The summed E-state index contributed by atoms with van der Waals surface area (Å²) in [5, 5.41) is 0. The molecule has 2 N–H and O–H groups in total. The fourth-order valence-electron chi connectivity index (χ4n) is 3.04. The molecule has 4 rings (SSSR count). The first-order chi connectivity index (χ1) is 13.7. The summed E-state index contributed by atoms with van der Waals surface area (Å²) in [6.45, 7) is 1.74. The number of rotatable bonds is 3. The van der Waals surface area contributed by atoms with E-state index in [2.05, 4.69) is 15.0 Å². The molecule has 0 bridgehead atoms. The van der Waals surface area contributed by atoms with Gasteiger partial charge in [-0.25, -0.2) is 9.97 Å². The number of nitrogens with zero attached hydrogens (tertiary/aromatic N) is 4. The van der Waals surface area contributed by atoms with Crippen molar-refractivity contribution in [1.29, 1.82) is 0 Å². The van der Waals surface area contributed by atoms with Crippen LogP contribution in [0.5, 0.6) is 0 Å². The maximum atomic E-state index is 13.3. The first-order valence-corrected chi connectivity index (χ1v) is 8.53. The molecule has 9 heteroatoms. The molecule has 4 heterocycles. The van der Waals surface area contributed by atoms with Gasteiger partial charge in [0.05, 0.1) is 17.6 Å². The maximum absolute atomic E-state index is 13.3. The third-order valence-electron chi connectivity index (χ3n) is 4.39. The number of halogens is 3. The average molecular weight is 397 g/mol. The second kappa shape index (κ2) is 6.69. The highest BCUT2D eigenvalue weighted by Crippen LogP contribution is 2.35. The van der Waals surface area contributed by atoms with E-state index in [9.17, 15) is 18.0 Å². The molecule has 1 amide bonds. The van der Waals surface area contributed by atoms with Crippen LogP contribution in [-0.4, -0.2) is 25.3 Å². The van der Waals surface area contributed by atoms with E-state index in [1.54, 1.807) is 43.5 Å². The number of imidazole rings is 1. The molecule has 0 spiro atoms. The van der Waals surface area contributed by atoms with Crippen LogP contribution in [0.1, 0.15) is 21.9 Å². The Morgan fingerprint density at radius 1 is 1.07 bits per heavy atom. The van der Waals surface area contributed by atoms with Crippen molar-refractivity contribution in [2.75, 3.05) is 0 Å². The normalized spacial score (nSPS) is 11.7. The molecule has 0 fully saturated rings. The van der Waals surface area contributed by atoms with Gasteiger partial charge in [-0.3, -0.25) is 14.2 Å². The van der Waals surface area contributed by atoms with E-state index in [4.69, 9.17) is 5.73 Å². The number of carbonyl (C=O) groups excluding carboxylic acids is 1. The second-order valence-electron chi connectivity index (χ2n) is 6.41. The monoisotopic (exact) mass is 397 g/mol. The molecule has 29 heavy (non-hydrogen) atoms. The van der Waals surface area contributed by atoms with Crippen molar-refractivity contribution >= 4 is 11.6 Å². The Labute approximate surface area is 162 Å². The molecule has 0 aliphatic rings. The van der Waals surface area contributed by atoms with Gasteiger partial charge in [0, 0.05) is 23.0 Å². The molecule has 146 valence electrons. The zero-order valence-electron chi connectivity index (χ0n) is 15.1. The molecule has 0 aromatic carbocycles. The topological polar surface area (TPSA) is 86.2 Å². The van der Waals surface area contributed by atoms with Crippen LogP contribution in [0.2, 0.25) is 0 Å². The van der Waals surface area contributed by atoms with Crippen molar-refractivity contribution in [2.45, 2.75) is 13.1 Å². The van der Waals surface area contributed by atoms with E-state index in [1.165, 1.54) is 16.7 Å². The lowest BCUT2D eigenvalue weighted by molar-refractivity contribution is -0.141. The van der Waals surface area contributed by atoms with Gasteiger partial charge in [0.1, 0.15) is 17.0 Å². The minimum Gasteiger partial charge on any atom is -0.364 e. The number of pyridine rings is 3. The Bertz CT molecular complexity index is 1250. The first kappa shape index (κ1) is 18.6. The predicted molar refractivity (Wildman–Crippen MR) is 99.9 cm³/mol. The number of nitrogens with two attached hydrogens (primary N) is 1. The third kappa shape index (κ3) is 3.42. The third-order valence-corrected chi connectivity index (χ3v) is 4.39. The van der Waals surface area contributed by atoms with Crippen molar-refractivity contribution in [3.8, 4) is 22.5 Å². The number of fused-ring (bicyclic) bond motifs is 1. The lowest BCUT2D eigenvalue weighted by atomic mass is 10.0. The van der Waals surface area contributed by atoms with Crippen molar-refractivity contribution in [3.63, 3.8) is 0 Å². The summed E-state index contributed by atoms with van der Waals surface area (Å²) in [6, 6.07) is 10.6. The number of hydrogen-bond acceptors (Lipinski definition) is 4. The molecular formula is C20H14F3N5O. The Hall–Kier alpha value is -3.75. The number of carbonyl (C=O) groups is 1. The van der Waals surface area contributed by atoms with E-state index in [1.807, 2.05) is 0 Å². The highest BCUT2D eigenvalue weighted by atomic mass is 19.4. The lowest BCUT2D eigenvalue weighted by Crippen LogP contribution is -2.13. The SMILES string of the molecule is Cc1cccc(-c2nc(C(F)(F)F)ccc2-c2ccc3ncc(C(N)=O)n3c2)n1. The fraction of sp³-hybridized carbons (Fsp3) is 0.100. The Morgan fingerprint density at radius 2 is 1.86 bits per heavy atom. The van der Waals surface area contributed by atoms with E-state index in [0.29, 0.717) is 28.2 Å². The quantitative estimate of drug-likeness (QED) is 0.568. The highest BCUT2D eigenvalue weighted by Gasteiger charge is 2.33. The standard InChI is InChI=1S/C20H14F3N5O/c1-11-3-2-4-14(26-11)18-13(6-7-16(27-18)20(21,22)23)12-5-8-17-25-9-15(19(24)29)28(17)10-12/h2-10H,1H3,(H2,24,29). The summed E-state index contributed by atoms with van der Waals surface area (Å²) in [7, 11) is 0. The Morgan fingerprint density at radius 3 is 2.55 bits per heavy atom. The predicted octanol–water partition coefficient (Wildman–Crippen LogP) is 3.88. The van der Waals surface area contributed by atoms with Crippen molar-refractivity contribution in [3.05, 3.63) is 71.9 Å². The van der Waals surface area contributed by atoms with Crippen LogP contribution in [0.3, 0.4) is 0 Å². The highest BCUT2D eigenvalue weighted by molar-refractivity contribution is 5.92. The summed E-state index contributed by atoms with van der Waals surface area (Å²) in [4.78, 5) is 23.9. The summed E-state index contributed by atoms with van der Waals surface area (Å²) in [5.74, 6) is -0.666. The largest absolute Gasteiger partial charge is 0.433 e. The van der Waals surface area contributed by atoms with Crippen molar-refractivity contribution < 1.29 is 18.0 Å². The van der Waals surface area contributed by atoms with Gasteiger partial charge in [0.25, 0.3) is 5.91 Å². The molecule has 0 radical (unpaired) electrons. The Balaban J connectivity index is 1.97. The summed E-state index contributed by atoms with van der Waals surface area (Å²) in [6.07, 6.45) is -1.66. The molecule has 0 aliphatic heterocycles. The minimum atomic E-state index is -4.59. The molecule has 0 saturated heterocycles. The van der Waals surface area contributed by atoms with Gasteiger partial charge in [0.2, 0.25) is 0 Å². The summed E-state index contributed by atoms with van der Waals surface area (Å²) >= 11 is 0. The van der Waals surface area contributed by atoms with Crippen LogP contribution in [0, 0.1) is 6.92 Å². The molecule has 6 nitrogen and oxygen atoms in total. The van der Waals surface area contributed by atoms with Gasteiger partial charge in [-0.2, -0.15) is 13.2 Å². The molecule has 0 saturated carbocycles. The zero-order chi connectivity index (χ0) is 20.8. The number of alkyl halides is 3. The zero-order valence-corrected chi connectivity index (χ0v) is 15.1. The van der Waals surface area contributed by atoms with Gasteiger partial charge < -0.3 is 5.73 Å². The fourth-order valence-corrected chi connectivity index (χ4v) is 3.04. The summed E-state index contributed by atoms with van der Waals surface area (Å²) in [5.41, 5.74) is 7.02. The van der Waals surface area contributed by atoms with Gasteiger partial charge in [-0.05, 0) is 43.3 Å². The van der Waals surface area contributed by atoms with Crippen LogP contribution >= 0.6 is 0 Å². The van der Waals surface area contributed by atoms with Crippen LogP contribution in [0.15, 0.2) is 54.9 Å². The first-order valence-electron chi connectivity index (χ1n) is 8.53. The summed E-state index contributed by atoms with van der Waals surface area (Å²) < 4.78 is 41.3. The van der Waals surface area contributed by atoms with Gasteiger partial charge >= 0.3 is 6.18 Å². The number of primary amides is 1. The van der Waals surface area contributed by atoms with Gasteiger partial charge in [-0.15, -0.1) is 0 Å². The number of amides is 1. The molecular weight excluding hydrogens is 383 g/mol. The van der Waals surface area contributed by atoms with Crippen molar-refractivity contribution in [2.24, 2.45) is 5.73 Å². The number of hydrogen-bond donors (Lipinski definition) is 1. The average Bonchev–Trinajstić information content (AvgIpc) is 3.10. The number of aromatic nitrogens is 4. The van der Waals surface area contributed by atoms with Crippen LogP contribution in [0.25, 0.3) is 28.2 Å². The number of aryl methyl sites for hydroxylation is 1. The smallest absolute Gasteiger partial charge is 0.364 e. The molecule has 0 unspecified atom stereocenters. The van der Waals surface area contributed by atoms with Crippen LogP contribution in [-0.2, 0) is 6.18 Å². The van der Waals surface area contributed by atoms with E-state index in [-0.39, 0.29) is 11.4 Å². The lowest BCUT2D eigenvalue weighted by Gasteiger charge is -2.13. The Kier molecular flexibility index (Phi) is 4.30. The van der Waals surface area contributed by atoms with Gasteiger partial charge in [0.15, 0.2) is 0 Å².